The molecule has 0 spiro atoms. The lowest BCUT2D eigenvalue weighted by Gasteiger charge is -2.32. The highest BCUT2D eigenvalue weighted by Crippen LogP contribution is 2.26. The van der Waals surface area contributed by atoms with Crippen LogP contribution in [0.1, 0.15) is 51.3 Å². The van der Waals surface area contributed by atoms with Gasteiger partial charge in [0.15, 0.2) is 0 Å². The van der Waals surface area contributed by atoms with Gasteiger partial charge in [0, 0.05) is 31.0 Å². The van der Waals surface area contributed by atoms with Crippen molar-refractivity contribution in [1.82, 2.24) is 14.9 Å². The van der Waals surface area contributed by atoms with Crippen LogP contribution in [0.15, 0.2) is 0 Å². The number of nitrogen functional groups attached to an aromatic ring is 1. The summed E-state index contributed by atoms with van der Waals surface area (Å²) in [5, 5.41) is 3.31. The Bertz CT molecular complexity index is 528. The van der Waals surface area contributed by atoms with Crippen molar-refractivity contribution < 1.29 is 4.79 Å². The average Bonchev–Trinajstić information content (AvgIpc) is 2.53. The summed E-state index contributed by atoms with van der Waals surface area (Å²) in [6.45, 7) is 8.38. The van der Waals surface area contributed by atoms with E-state index in [4.69, 9.17) is 5.73 Å². The zero-order valence-corrected chi connectivity index (χ0v) is 13.9. The summed E-state index contributed by atoms with van der Waals surface area (Å²) in [4.78, 5) is 23.2. The molecule has 6 nitrogen and oxygen atoms in total. The van der Waals surface area contributed by atoms with E-state index in [0.29, 0.717) is 19.0 Å². The van der Waals surface area contributed by atoms with E-state index in [0.717, 1.165) is 49.3 Å². The number of hydrogen-bond acceptors (Lipinski definition) is 5. The molecule has 0 atom stereocenters. The van der Waals surface area contributed by atoms with Gasteiger partial charge < -0.3 is 16.0 Å². The molecule has 2 rings (SSSR count). The molecule has 1 amide bonds. The Morgan fingerprint density at radius 2 is 2.05 bits per heavy atom. The highest BCUT2D eigenvalue weighted by molar-refractivity contribution is 5.79. The Kier molecular flexibility index (Phi) is 5.57. The molecule has 1 aliphatic rings. The molecule has 0 unspecified atom stereocenters. The minimum Gasteiger partial charge on any atom is -0.370 e. The number of carbonyl (C=O) groups excluding carboxylic acids is 1. The zero-order valence-electron chi connectivity index (χ0n) is 13.9. The Balaban J connectivity index is 2.22. The average molecular weight is 305 g/mol. The van der Waals surface area contributed by atoms with Crippen molar-refractivity contribution >= 4 is 17.7 Å². The van der Waals surface area contributed by atoms with E-state index < -0.39 is 0 Å². The number of rotatable bonds is 6. The maximum atomic E-state index is 12.6. The Labute approximate surface area is 132 Å². The lowest BCUT2D eigenvalue weighted by molar-refractivity contribution is -0.136. The fourth-order valence-corrected chi connectivity index (χ4v) is 2.91. The van der Waals surface area contributed by atoms with Gasteiger partial charge in [-0.1, -0.05) is 20.8 Å². The van der Waals surface area contributed by atoms with Crippen LogP contribution in [-0.2, 0) is 17.8 Å². The Morgan fingerprint density at radius 3 is 2.68 bits per heavy atom. The molecule has 0 bridgehead atoms. The first-order chi connectivity index (χ1) is 10.6. The molecular formula is C16H27N5O. The van der Waals surface area contributed by atoms with Gasteiger partial charge in [0.05, 0.1) is 12.2 Å². The summed E-state index contributed by atoms with van der Waals surface area (Å²) >= 11 is 0. The van der Waals surface area contributed by atoms with Gasteiger partial charge in [0.25, 0.3) is 0 Å². The van der Waals surface area contributed by atoms with Gasteiger partial charge in [-0.25, -0.2) is 4.98 Å². The van der Waals surface area contributed by atoms with Crippen molar-refractivity contribution in [3.05, 3.63) is 11.3 Å². The van der Waals surface area contributed by atoms with Crippen LogP contribution in [0.4, 0.5) is 11.8 Å². The second-order valence-electron chi connectivity index (χ2n) is 5.81. The van der Waals surface area contributed by atoms with E-state index in [-0.39, 0.29) is 11.8 Å². The third-order valence-corrected chi connectivity index (χ3v) is 4.27. The number of nitrogens with two attached hydrogens (primary N) is 1. The molecule has 1 aromatic rings. The molecule has 0 aliphatic carbocycles. The highest BCUT2D eigenvalue weighted by Gasteiger charge is 2.28. The second-order valence-corrected chi connectivity index (χ2v) is 5.81. The van der Waals surface area contributed by atoms with Gasteiger partial charge in [-0.2, -0.15) is 4.98 Å². The number of hydrogen-bond donors (Lipinski definition) is 2. The molecule has 6 heteroatoms. The largest absolute Gasteiger partial charge is 0.370 e. The molecule has 122 valence electrons. The number of nitrogens with zero attached hydrogens (tertiary/aromatic N) is 3. The summed E-state index contributed by atoms with van der Waals surface area (Å²) in [5.41, 5.74) is 7.79. The van der Waals surface area contributed by atoms with Crippen LogP contribution >= 0.6 is 0 Å². The Morgan fingerprint density at radius 1 is 1.32 bits per heavy atom. The van der Waals surface area contributed by atoms with E-state index in [1.165, 1.54) is 0 Å². The smallest absolute Gasteiger partial charge is 0.225 e. The third kappa shape index (κ3) is 3.48. The van der Waals surface area contributed by atoms with Gasteiger partial charge >= 0.3 is 0 Å². The van der Waals surface area contributed by atoms with Gasteiger partial charge in [-0.15, -0.1) is 0 Å². The van der Waals surface area contributed by atoms with Gasteiger partial charge in [-0.3, -0.25) is 4.79 Å². The number of aromatic nitrogens is 2. The van der Waals surface area contributed by atoms with Crippen molar-refractivity contribution in [2.45, 2.75) is 53.0 Å². The molecule has 0 saturated carbocycles. The number of carbonyl (C=O) groups is 1. The first-order valence-corrected chi connectivity index (χ1v) is 8.28. The number of fused-ring (bicyclic) bond motifs is 1. The van der Waals surface area contributed by atoms with Gasteiger partial charge in [0.1, 0.15) is 5.82 Å². The molecule has 0 saturated heterocycles. The second kappa shape index (κ2) is 7.42. The first kappa shape index (κ1) is 16.5. The van der Waals surface area contributed by atoms with Crippen LogP contribution in [0.3, 0.4) is 0 Å². The predicted octanol–water partition coefficient (Wildman–Crippen LogP) is 2.20. The molecule has 0 aromatic carbocycles. The molecule has 22 heavy (non-hydrogen) atoms. The number of nitrogens with one attached hydrogen (secondary N) is 1. The number of amides is 1. The molecule has 2 heterocycles. The molecule has 3 N–H and O–H groups in total. The molecule has 1 aliphatic heterocycles. The lowest BCUT2D eigenvalue weighted by atomic mass is 9.99. The summed E-state index contributed by atoms with van der Waals surface area (Å²) in [7, 11) is 0. The van der Waals surface area contributed by atoms with Crippen molar-refractivity contribution in [3.63, 3.8) is 0 Å². The van der Waals surface area contributed by atoms with E-state index in [1.807, 2.05) is 4.90 Å². The van der Waals surface area contributed by atoms with Crippen LogP contribution in [0.2, 0.25) is 0 Å². The van der Waals surface area contributed by atoms with Crippen molar-refractivity contribution in [2.24, 2.45) is 5.92 Å². The van der Waals surface area contributed by atoms with Crippen LogP contribution in [0.25, 0.3) is 0 Å². The maximum Gasteiger partial charge on any atom is 0.225 e. The minimum absolute atomic E-state index is 0.114. The van der Waals surface area contributed by atoms with Crippen molar-refractivity contribution in [1.29, 1.82) is 0 Å². The topological polar surface area (TPSA) is 84.1 Å². The van der Waals surface area contributed by atoms with Crippen molar-refractivity contribution in [2.75, 3.05) is 24.1 Å². The fraction of sp³-hybridized carbons (Fsp3) is 0.688. The van der Waals surface area contributed by atoms with Gasteiger partial charge in [0.2, 0.25) is 11.9 Å². The fourth-order valence-electron chi connectivity index (χ4n) is 2.91. The van der Waals surface area contributed by atoms with Crippen LogP contribution in [0, 0.1) is 5.92 Å². The van der Waals surface area contributed by atoms with Crippen LogP contribution < -0.4 is 11.1 Å². The zero-order chi connectivity index (χ0) is 16.1. The van der Waals surface area contributed by atoms with E-state index in [1.54, 1.807) is 0 Å². The van der Waals surface area contributed by atoms with E-state index >= 15 is 0 Å². The first-order valence-electron chi connectivity index (χ1n) is 8.28. The maximum absolute atomic E-state index is 12.6. The number of anilines is 2. The van der Waals surface area contributed by atoms with E-state index in [9.17, 15) is 4.79 Å². The van der Waals surface area contributed by atoms with Crippen molar-refractivity contribution in [3.8, 4) is 0 Å². The van der Waals surface area contributed by atoms with Crippen LogP contribution in [0.5, 0.6) is 0 Å². The quantitative estimate of drug-likeness (QED) is 0.841. The monoisotopic (exact) mass is 305 g/mol. The summed E-state index contributed by atoms with van der Waals surface area (Å²) in [6, 6.07) is 0. The molecular weight excluding hydrogens is 278 g/mol. The predicted molar refractivity (Wildman–Crippen MR) is 88.4 cm³/mol. The molecule has 0 radical (unpaired) electrons. The normalized spacial score (nSPS) is 14.1. The van der Waals surface area contributed by atoms with E-state index in [2.05, 4.69) is 36.1 Å². The minimum atomic E-state index is 0.114. The molecule has 0 fully saturated rings. The SMILES string of the molecule is CCCNc1nc(N)nc2c1CN(C(=O)C(CC)CC)CC2. The lowest BCUT2D eigenvalue weighted by Crippen LogP contribution is -2.40. The summed E-state index contributed by atoms with van der Waals surface area (Å²) < 4.78 is 0. The van der Waals surface area contributed by atoms with Gasteiger partial charge in [-0.05, 0) is 19.3 Å². The molecule has 1 aromatic heterocycles. The Hall–Kier alpha value is -1.85. The summed E-state index contributed by atoms with van der Waals surface area (Å²) in [6.07, 6.45) is 3.53. The van der Waals surface area contributed by atoms with Crippen LogP contribution in [-0.4, -0.2) is 33.9 Å². The summed E-state index contributed by atoms with van der Waals surface area (Å²) in [5.74, 6) is 1.45. The highest BCUT2D eigenvalue weighted by atomic mass is 16.2. The standard InChI is InChI=1S/C16H27N5O/c1-4-8-18-14-12-10-21(15(22)11(5-2)6-3)9-7-13(12)19-16(17)20-14/h11H,4-10H2,1-3H3,(H3,17,18,19,20). The third-order valence-electron chi connectivity index (χ3n) is 4.27.